The van der Waals surface area contributed by atoms with Crippen molar-refractivity contribution in [3.63, 3.8) is 0 Å². The fraction of sp³-hybridized carbons (Fsp3) is 0.300. The van der Waals surface area contributed by atoms with E-state index in [1.165, 1.54) is 19.1 Å². The number of rotatable bonds is 5. The molecule has 1 aliphatic rings. The van der Waals surface area contributed by atoms with Crippen LogP contribution in [0.25, 0.3) is 0 Å². The van der Waals surface area contributed by atoms with Crippen molar-refractivity contribution in [3.05, 3.63) is 58.1 Å². The largest absolute Gasteiger partial charge is 0.496 e. The van der Waals surface area contributed by atoms with Crippen LogP contribution in [0.2, 0.25) is 0 Å². The Morgan fingerprint density at radius 2 is 1.78 bits per heavy atom. The van der Waals surface area contributed by atoms with Gasteiger partial charge in [-0.25, -0.2) is 4.79 Å². The zero-order chi connectivity index (χ0) is 19.6. The Morgan fingerprint density at radius 3 is 2.37 bits per heavy atom. The van der Waals surface area contributed by atoms with Gasteiger partial charge in [0.15, 0.2) is 0 Å². The number of methoxy groups -OCH3 is 2. The van der Waals surface area contributed by atoms with E-state index in [4.69, 9.17) is 9.47 Å². The molecule has 1 heterocycles. The quantitative estimate of drug-likeness (QED) is 0.773. The van der Waals surface area contributed by atoms with Crippen LogP contribution in [0.3, 0.4) is 0 Å². The van der Waals surface area contributed by atoms with E-state index in [1.54, 1.807) is 12.1 Å². The lowest BCUT2D eigenvalue weighted by Crippen LogP contribution is -2.42. The van der Waals surface area contributed by atoms with Crippen LogP contribution in [-0.4, -0.2) is 42.1 Å². The monoisotopic (exact) mass is 433 g/mol. The molecule has 142 valence electrons. The number of benzene rings is 2. The molecule has 7 heteroatoms. The Morgan fingerprint density at radius 1 is 1.07 bits per heavy atom. The highest BCUT2D eigenvalue weighted by Gasteiger charge is 2.43. The summed E-state index contributed by atoms with van der Waals surface area (Å²) in [7, 11) is 2.93. The molecule has 0 radical (unpaired) electrons. The van der Waals surface area contributed by atoms with Crippen molar-refractivity contribution < 1.29 is 24.2 Å². The van der Waals surface area contributed by atoms with Crippen LogP contribution in [-0.2, 0) is 4.79 Å². The zero-order valence-electron chi connectivity index (χ0n) is 15.0. The molecule has 0 aliphatic carbocycles. The molecule has 3 rings (SSSR count). The number of nitrogens with zero attached hydrogens (tertiary/aromatic N) is 1. The number of hydrogen-bond acceptors (Lipinski definition) is 4. The SMILES string of the molecule is COc1ccc(Br)c(OC)c1C(=O)N1[C@@H](C(=O)O)CC[C@H]1c1ccccc1. The van der Waals surface area contributed by atoms with Gasteiger partial charge in [0.05, 0.1) is 24.7 Å². The summed E-state index contributed by atoms with van der Waals surface area (Å²) in [5.41, 5.74) is 1.12. The van der Waals surface area contributed by atoms with E-state index >= 15 is 0 Å². The average molecular weight is 434 g/mol. The zero-order valence-corrected chi connectivity index (χ0v) is 16.6. The molecule has 1 aliphatic heterocycles. The lowest BCUT2D eigenvalue weighted by atomic mass is 10.0. The second-order valence-corrected chi connectivity index (χ2v) is 7.08. The van der Waals surface area contributed by atoms with Crippen molar-refractivity contribution in [2.45, 2.75) is 24.9 Å². The minimum absolute atomic E-state index is 0.212. The van der Waals surface area contributed by atoms with Gasteiger partial charge in [-0.3, -0.25) is 4.79 Å². The third-order valence-electron chi connectivity index (χ3n) is 4.80. The third kappa shape index (κ3) is 3.51. The minimum Gasteiger partial charge on any atom is -0.496 e. The van der Waals surface area contributed by atoms with Crippen molar-refractivity contribution in [2.24, 2.45) is 0 Å². The van der Waals surface area contributed by atoms with Crippen LogP contribution < -0.4 is 9.47 Å². The molecular weight excluding hydrogens is 414 g/mol. The number of carbonyl (C=O) groups excluding carboxylic acids is 1. The lowest BCUT2D eigenvalue weighted by molar-refractivity contribution is -0.141. The molecule has 1 N–H and O–H groups in total. The molecule has 1 fully saturated rings. The van der Waals surface area contributed by atoms with Crippen LogP contribution >= 0.6 is 15.9 Å². The van der Waals surface area contributed by atoms with Gasteiger partial charge in [0.1, 0.15) is 23.1 Å². The Labute approximate surface area is 165 Å². The fourth-order valence-corrected chi connectivity index (χ4v) is 4.07. The van der Waals surface area contributed by atoms with Gasteiger partial charge < -0.3 is 19.5 Å². The van der Waals surface area contributed by atoms with Crippen molar-refractivity contribution in [1.82, 2.24) is 4.90 Å². The first-order valence-electron chi connectivity index (χ1n) is 8.50. The number of amides is 1. The number of aliphatic carboxylic acids is 1. The van der Waals surface area contributed by atoms with Crippen LogP contribution in [0.4, 0.5) is 0 Å². The topological polar surface area (TPSA) is 76.1 Å². The summed E-state index contributed by atoms with van der Waals surface area (Å²) in [5.74, 6) is -0.788. The third-order valence-corrected chi connectivity index (χ3v) is 5.42. The number of likely N-dealkylation sites (tertiary alicyclic amines) is 1. The molecular formula is C20H20BrNO5. The van der Waals surface area contributed by atoms with Crippen molar-refractivity contribution in [2.75, 3.05) is 14.2 Å². The molecule has 0 bridgehead atoms. The van der Waals surface area contributed by atoms with Gasteiger partial charge in [-0.1, -0.05) is 30.3 Å². The van der Waals surface area contributed by atoms with Crippen molar-refractivity contribution in [1.29, 1.82) is 0 Å². The van der Waals surface area contributed by atoms with Gasteiger partial charge in [-0.15, -0.1) is 0 Å². The number of carboxylic acids is 1. The highest BCUT2D eigenvalue weighted by Crippen LogP contribution is 2.42. The normalized spacial score (nSPS) is 19.0. The first kappa shape index (κ1) is 19.2. The van der Waals surface area contributed by atoms with Gasteiger partial charge in [-0.05, 0) is 46.5 Å². The van der Waals surface area contributed by atoms with Crippen LogP contribution in [0.15, 0.2) is 46.9 Å². The molecule has 2 aromatic carbocycles. The van der Waals surface area contributed by atoms with E-state index in [0.29, 0.717) is 28.8 Å². The highest BCUT2D eigenvalue weighted by molar-refractivity contribution is 9.10. The predicted octanol–water partition coefficient (Wildman–Crippen LogP) is 3.90. The Kier molecular flexibility index (Phi) is 5.70. The van der Waals surface area contributed by atoms with E-state index in [0.717, 1.165) is 5.56 Å². The summed E-state index contributed by atoms with van der Waals surface area (Å²) < 4.78 is 11.4. The van der Waals surface area contributed by atoms with E-state index in [9.17, 15) is 14.7 Å². The predicted molar refractivity (Wildman–Crippen MR) is 103 cm³/mol. The number of carboxylic acid groups (broad SMARTS) is 1. The lowest BCUT2D eigenvalue weighted by Gasteiger charge is -2.30. The maximum Gasteiger partial charge on any atom is 0.326 e. The molecule has 0 saturated carbocycles. The number of halogens is 1. The molecule has 0 unspecified atom stereocenters. The van der Waals surface area contributed by atoms with Gasteiger partial charge in [0, 0.05) is 0 Å². The summed E-state index contributed by atoms with van der Waals surface area (Å²) in [6.07, 6.45) is 0.963. The maximum absolute atomic E-state index is 13.5. The summed E-state index contributed by atoms with van der Waals surface area (Å²) in [6, 6.07) is 11.6. The molecule has 1 saturated heterocycles. The molecule has 27 heavy (non-hydrogen) atoms. The van der Waals surface area contributed by atoms with Crippen molar-refractivity contribution >= 4 is 27.8 Å². The smallest absolute Gasteiger partial charge is 0.326 e. The molecule has 0 spiro atoms. The number of hydrogen-bond donors (Lipinski definition) is 1. The fourth-order valence-electron chi connectivity index (χ4n) is 3.58. The standard InChI is InChI=1S/C20H20BrNO5/c1-26-16-11-8-13(21)18(27-2)17(16)19(23)22-14(9-10-15(22)20(24)25)12-6-4-3-5-7-12/h3-8,11,14-15H,9-10H2,1-2H3,(H,24,25)/t14-,15+/m0/s1. The summed E-state index contributed by atoms with van der Waals surface area (Å²) in [4.78, 5) is 26.8. The van der Waals surface area contributed by atoms with Crippen molar-refractivity contribution in [3.8, 4) is 11.5 Å². The summed E-state index contributed by atoms with van der Waals surface area (Å²) in [5, 5.41) is 9.69. The minimum atomic E-state index is -1.02. The van der Waals surface area contributed by atoms with Crippen LogP contribution in [0.5, 0.6) is 11.5 Å². The first-order valence-corrected chi connectivity index (χ1v) is 9.29. The van der Waals surface area contributed by atoms with Gasteiger partial charge in [0.25, 0.3) is 5.91 Å². The molecule has 1 amide bonds. The molecule has 2 aromatic rings. The average Bonchev–Trinajstić information content (AvgIpc) is 3.13. The van der Waals surface area contributed by atoms with E-state index in [2.05, 4.69) is 15.9 Å². The maximum atomic E-state index is 13.5. The molecule has 0 aromatic heterocycles. The van der Waals surface area contributed by atoms with E-state index < -0.39 is 17.9 Å². The number of carbonyl (C=O) groups is 2. The van der Waals surface area contributed by atoms with Gasteiger partial charge >= 0.3 is 5.97 Å². The second kappa shape index (κ2) is 8.00. The van der Waals surface area contributed by atoms with E-state index in [-0.39, 0.29) is 11.6 Å². The van der Waals surface area contributed by atoms with Crippen LogP contribution in [0, 0.1) is 0 Å². The Bertz CT molecular complexity index is 855. The first-order chi connectivity index (χ1) is 13.0. The number of ether oxygens (including phenoxy) is 2. The summed E-state index contributed by atoms with van der Waals surface area (Å²) in [6.45, 7) is 0. The Hall–Kier alpha value is -2.54. The second-order valence-electron chi connectivity index (χ2n) is 6.23. The molecule has 6 nitrogen and oxygen atoms in total. The van der Waals surface area contributed by atoms with E-state index in [1.807, 2.05) is 30.3 Å². The van der Waals surface area contributed by atoms with Crippen LogP contribution in [0.1, 0.15) is 34.8 Å². The van der Waals surface area contributed by atoms with Gasteiger partial charge in [-0.2, -0.15) is 0 Å². The summed E-state index contributed by atoms with van der Waals surface area (Å²) >= 11 is 3.38. The Balaban J connectivity index is 2.12. The van der Waals surface area contributed by atoms with Gasteiger partial charge in [0.2, 0.25) is 0 Å². The highest BCUT2D eigenvalue weighted by atomic mass is 79.9. The molecule has 2 atom stereocenters.